The summed E-state index contributed by atoms with van der Waals surface area (Å²) in [6.07, 6.45) is 13.5. The number of carbonyl (C=O) groups excluding carboxylic acids is 2. The SMILES string of the molecule is CCCCCCCc1ccc(Oc2cc(Nc3ccc(F)c(Cl)c3)c3c(c2O)C(=O)c2c(Nc4ccc(C)cc4C)cc(Oc4ccc(CCCCCCC)cc4)c(O)c2C3=O)cc1. The van der Waals surface area contributed by atoms with Gasteiger partial charge in [0.05, 0.1) is 38.7 Å². The van der Waals surface area contributed by atoms with Crippen molar-refractivity contribution in [2.45, 2.75) is 105 Å². The molecule has 0 atom stereocenters. The van der Waals surface area contributed by atoms with Crippen LogP contribution in [0.4, 0.5) is 27.1 Å². The molecular weight excluding hydrogens is 827 g/mol. The summed E-state index contributed by atoms with van der Waals surface area (Å²) < 4.78 is 26.9. The van der Waals surface area contributed by atoms with E-state index in [9.17, 15) is 14.6 Å². The van der Waals surface area contributed by atoms with Crippen molar-refractivity contribution in [3.05, 3.63) is 152 Å². The first kappa shape index (κ1) is 45.7. The molecule has 0 amide bonds. The minimum atomic E-state index is -0.768. The quantitative estimate of drug-likeness (QED) is 0.0442. The highest BCUT2D eigenvalue weighted by Gasteiger charge is 2.41. The Morgan fingerprint density at radius 1 is 0.547 bits per heavy atom. The van der Waals surface area contributed by atoms with E-state index < -0.39 is 28.9 Å². The number of phenols is 2. The van der Waals surface area contributed by atoms with Gasteiger partial charge in [-0.15, -0.1) is 0 Å². The number of benzene rings is 6. The third kappa shape index (κ3) is 10.5. The summed E-state index contributed by atoms with van der Waals surface area (Å²) in [5.74, 6) is -2.62. The van der Waals surface area contributed by atoms with Gasteiger partial charge >= 0.3 is 0 Å². The Balaban J connectivity index is 1.30. The molecule has 1 aliphatic carbocycles. The Morgan fingerprint density at radius 3 is 1.50 bits per heavy atom. The van der Waals surface area contributed by atoms with Crippen LogP contribution in [-0.2, 0) is 12.8 Å². The van der Waals surface area contributed by atoms with Crippen LogP contribution < -0.4 is 20.1 Å². The molecule has 6 aromatic carbocycles. The molecule has 10 heteroatoms. The molecule has 64 heavy (non-hydrogen) atoms. The van der Waals surface area contributed by atoms with Crippen molar-refractivity contribution in [3.8, 4) is 34.5 Å². The molecule has 4 N–H and O–H groups in total. The summed E-state index contributed by atoms with van der Waals surface area (Å²) in [5, 5.41) is 30.3. The fourth-order valence-corrected chi connectivity index (χ4v) is 8.39. The molecule has 0 fully saturated rings. The summed E-state index contributed by atoms with van der Waals surface area (Å²) >= 11 is 6.17. The van der Waals surface area contributed by atoms with E-state index >= 15 is 9.59 Å². The average Bonchev–Trinajstić information content (AvgIpc) is 3.28. The largest absolute Gasteiger partial charge is 0.504 e. The van der Waals surface area contributed by atoms with E-state index in [0.717, 1.165) is 60.8 Å². The molecule has 0 saturated carbocycles. The van der Waals surface area contributed by atoms with Crippen LogP contribution in [0.25, 0.3) is 0 Å². The van der Waals surface area contributed by atoms with Gasteiger partial charge in [0, 0.05) is 23.5 Å². The van der Waals surface area contributed by atoms with Crippen LogP contribution in [0.15, 0.2) is 97.1 Å². The van der Waals surface area contributed by atoms with Crippen LogP contribution in [0.3, 0.4) is 0 Å². The molecule has 0 bridgehead atoms. The first-order valence-corrected chi connectivity index (χ1v) is 22.8. The molecule has 8 nitrogen and oxygen atoms in total. The molecular formula is C54H56ClFN2O6. The Hall–Kier alpha value is -6.32. The number of ether oxygens (including phenoxy) is 2. The number of phenolic OH excluding ortho intramolecular Hbond substituents is 2. The second-order valence-corrected chi connectivity index (χ2v) is 17.1. The fourth-order valence-electron chi connectivity index (χ4n) is 8.21. The number of hydrogen-bond acceptors (Lipinski definition) is 8. The van der Waals surface area contributed by atoms with Crippen LogP contribution >= 0.6 is 11.6 Å². The Kier molecular flexibility index (Phi) is 14.9. The number of nitrogens with one attached hydrogen (secondary N) is 2. The van der Waals surface area contributed by atoms with E-state index in [2.05, 4.69) is 24.5 Å². The van der Waals surface area contributed by atoms with Crippen LogP contribution in [0, 0.1) is 19.7 Å². The number of ketones is 2. The number of aromatic hydroxyl groups is 2. The maximum absolute atomic E-state index is 15.1. The van der Waals surface area contributed by atoms with Gasteiger partial charge in [-0.25, -0.2) is 4.39 Å². The Bertz CT molecular complexity index is 2640. The van der Waals surface area contributed by atoms with Gasteiger partial charge in [0.15, 0.2) is 23.0 Å². The minimum absolute atomic E-state index is 0.0538. The Morgan fingerprint density at radius 2 is 1.03 bits per heavy atom. The van der Waals surface area contributed by atoms with Gasteiger partial charge in [-0.05, 0) is 105 Å². The van der Waals surface area contributed by atoms with E-state index in [0.29, 0.717) is 22.9 Å². The second kappa shape index (κ2) is 20.9. The molecule has 0 saturated heterocycles. The van der Waals surface area contributed by atoms with Gasteiger partial charge < -0.3 is 30.3 Å². The number of aryl methyl sites for hydroxylation is 4. The number of halogens is 2. The van der Waals surface area contributed by atoms with E-state index in [1.165, 1.54) is 68.9 Å². The molecule has 332 valence electrons. The van der Waals surface area contributed by atoms with E-state index in [4.69, 9.17) is 21.1 Å². The normalized spacial score (nSPS) is 11.9. The molecule has 0 heterocycles. The monoisotopic (exact) mass is 882 g/mol. The average molecular weight is 884 g/mol. The van der Waals surface area contributed by atoms with E-state index in [-0.39, 0.29) is 50.2 Å². The lowest BCUT2D eigenvalue weighted by atomic mass is 9.80. The molecule has 7 rings (SSSR count). The van der Waals surface area contributed by atoms with Crippen molar-refractivity contribution in [2.75, 3.05) is 10.6 Å². The van der Waals surface area contributed by atoms with Crippen LogP contribution in [0.1, 0.15) is 132 Å². The molecule has 0 aromatic heterocycles. The molecule has 0 unspecified atom stereocenters. The second-order valence-electron chi connectivity index (χ2n) is 16.7. The van der Waals surface area contributed by atoms with Crippen molar-refractivity contribution in [3.63, 3.8) is 0 Å². The van der Waals surface area contributed by atoms with Crippen molar-refractivity contribution >= 4 is 45.9 Å². The lowest BCUT2D eigenvalue weighted by Gasteiger charge is -2.27. The topological polar surface area (TPSA) is 117 Å². The number of fused-ring (bicyclic) bond motifs is 2. The van der Waals surface area contributed by atoms with Crippen LogP contribution in [0.2, 0.25) is 5.02 Å². The van der Waals surface area contributed by atoms with Crippen molar-refractivity contribution < 1.29 is 33.7 Å². The summed E-state index contributed by atoms with van der Waals surface area (Å²) in [7, 11) is 0. The molecule has 0 radical (unpaired) electrons. The minimum Gasteiger partial charge on any atom is -0.504 e. The molecule has 0 spiro atoms. The number of unbranched alkanes of at least 4 members (excludes halogenated alkanes) is 8. The zero-order valence-corrected chi connectivity index (χ0v) is 37.8. The summed E-state index contributed by atoms with van der Waals surface area (Å²) in [6, 6.07) is 27.7. The summed E-state index contributed by atoms with van der Waals surface area (Å²) in [4.78, 5) is 30.2. The lowest BCUT2D eigenvalue weighted by molar-refractivity contribution is 0.0974. The smallest absolute Gasteiger partial charge is 0.200 e. The Labute approximate surface area is 380 Å². The van der Waals surface area contributed by atoms with Gasteiger partial charge in [0.2, 0.25) is 11.6 Å². The standard InChI is InChI=1S/C54H56ClFN2O6/c1-5-7-9-11-13-15-35-18-23-38(24-19-35)63-45-31-43(57-37-22-27-41(56)40(55)30-37)47-49(51(45)59)54(62)48-44(58-42-28-17-33(3)29-34(42)4)32-46(52(60)50(48)53(47)61)64-39-25-20-36(21-26-39)16-14-12-10-8-6-2/h17-32,57-60H,5-16H2,1-4H3. The highest BCUT2D eigenvalue weighted by atomic mass is 35.5. The summed E-state index contributed by atoms with van der Waals surface area (Å²) in [5.41, 5.74) is 4.34. The number of hydrogen-bond donors (Lipinski definition) is 4. The van der Waals surface area contributed by atoms with E-state index in [1.54, 1.807) is 12.1 Å². The predicted octanol–water partition coefficient (Wildman–Crippen LogP) is 15.4. The third-order valence-corrected chi connectivity index (χ3v) is 12.0. The molecule has 0 aliphatic heterocycles. The van der Waals surface area contributed by atoms with Gasteiger partial charge in [0.25, 0.3) is 0 Å². The van der Waals surface area contributed by atoms with Gasteiger partial charge in [-0.3, -0.25) is 9.59 Å². The van der Waals surface area contributed by atoms with Gasteiger partial charge in [-0.2, -0.15) is 0 Å². The van der Waals surface area contributed by atoms with Crippen molar-refractivity contribution in [1.29, 1.82) is 0 Å². The number of carbonyl (C=O) groups is 2. The van der Waals surface area contributed by atoms with E-state index in [1.807, 2.05) is 68.4 Å². The highest BCUT2D eigenvalue weighted by molar-refractivity contribution is 6.34. The lowest BCUT2D eigenvalue weighted by Crippen LogP contribution is -2.24. The van der Waals surface area contributed by atoms with Gasteiger partial charge in [0.1, 0.15) is 17.3 Å². The predicted molar refractivity (Wildman–Crippen MR) is 255 cm³/mol. The van der Waals surface area contributed by atoms with Crippen molar-refractivity contribution in [2.24, 2.45) is 0 Å². The van der Waals surface area contributed by atoms with Crippen molar-refractivity contribution in [1.82, 2.24) is 0 Å². The summed E-state index contributed by atoms with van der Waals surface area (Å²) in [6.45, 7) is 8.28. The zero-order chi connectivity index (χ0) is 45.3. The maximum Gasteiger partial charge on any atom is 0.200 e. The van der Waals surface area contributed by atoms with Crippen LogP contribution in [0.5, 0.6) is 34.5 Å². The third-order valence-electron chi connectivity index (χ3n) is 11.7. The highest BCUT2D eigenvalue weighted by Crippen LogP contribution is 2.51. The van der Waals surface area contributed by atoms with Gasteiger partial charge in [-0.1, -0.05) is 119 Å². The molecule has 1 aliphatic rings. The zero-order valence-electron chi connectivity index (χ0n) is 37.0. The fraction of sp³-hybridized carbons (Fsp3) is 0.296. The van der Waals surface area contributed by atoms with Crippen LogP contribution in [-0.4, -0.2) is 21.8 Å². The maximum atomic E-state index is 15.1. The number of anilines is 4. The first-order chi connectivity index (χ1) is 30.9. The first-order valence-electron chi connectivity index (χ1n) is 22.4. The molecule has 6 aromatic rings. The number of rotatable bonds is 20.